The molecule has 0 aromatic heterocycles. The van der Waals surface area contributed by atoms with Crippen molar-refractivity contribution in [2.75, 3.05) is 33.2 Å². The number of nitrogens with zero attached hydrogens (tertiary/aromatic N) is 2. The van der Waals surface area contributed by atoms with Crippen LogP contribution in [0.1, 0.15) is 47.7 Å². The average Bonchev–Trinajstić information content (AvgIpc) is 2.68. The highest BCUT2D eigenvalue weighted by Gasteiger charge is 2.28. The van der Waals surface area contributed by atoms with Gasteiger partial charge in [-0.15, -0.1) is 0 Å². The highest BCUT2D eigenvalue weighted by Crippen LogP contribution is 2.42. The van der Waals surface area contributed by atoms with Crippen molar-refractivity contribution in [1.82, 2.24) is 9.80 Å². The maximum Gasteiger partial charge on any atom is 0.258 e. The summed E-state index contributed by atoms with van der Waals surface area (Å²) in [4.78, 5) is 17.4. The van der Waals surface area contributed by atoms with Crippen LogP contribution in [0.5, 0.6) is 11.5 Å². The lowest BCUT2D eigenvalue weighted by molar-refractivity contribution is 0.0660. The van der Waals surface area contributed by atoms with E-state index in [1.165, 1.54) is 0 Å². The zero-order valence-corrected chi connectivity index (χ0v) is 17.7. The third-order valence-electron chi connectivity index (χ3n) is 5.72. The average molecular weight is 397 g/mol. The molecule has 2 aromatic carbocycles. The van der Waals surface area contributed by atoms with Crippen LogP contribution in [-0.4, -0.2) is 59.1 Å². The second-order valence-corrected chi connectivity index (χ2v) is 8.08. The van der Waals surface area contributed by atoms with Gasteiger partial charge in [-0.2, -0.15) is 0 Å². The number of unbranched alkanes of at least 4 members (excludes halogenated alkanes) is 2. The minimum atomic E-state index is -0.143. The molecule has 0 bridgehead atoms. The number of hydrogen-bond donors (Lipinski definition) is 2. The smallest absolute Gasteiger partial charge is 0.258 e. The molecule has 2 aromatic rings. The summed E-state index contributed by atoms with van der Waals surface area (Å²) in [6.07, 6.45) is 3.70. The van der Waals surface area contributed by atoms with Gasteiger partial charge in [-0.25, -0.2) is 0 Å². The zero-order valence-electron chi connectivity index (χ0n) is 17.7. The van der Waals surface area contributed by atoms with Crippen LogP contribution < -0.4 is 0 Å². The van der Waals surface area contributed by atoms with Crippen LogP contribution in [0, 0.1) is 6.92 Å². The lowest BCUT2D eigenvalue weighted by atomic mass is 9.92. The first kappa shape index (κ1) is 21.2. The number of carbonyl (C=O) groups excluding carboxylic acids is 1. The molecule has 0 aliphatic carbocycles. The molecule has 1 saturated heterocycles. The normalized spacial score (nSPS) is 14.9. The number of likely N-dealkylation sites (N-methyl/N-ethyl adjacent to an activating group) is 1. The van der Waals surface area contributed by atoms with E-state index in [1.54, 1.807) is 6.07 Å². The fourth-order valence-electron chi connectivity index (χ4n) is 3.96. The van der Waals surface area contributed by atoms with Crippen molar-refractivity contribution in [3.8, 4) is 22.6 Å². The van der Waals surface area contributed by atoms with E-state index in [0.717, 1.165) is 43.5 Å². The SMILES string of the molecule is CCCCCc1cc(O)c(-c2cccc(C)c2)c(O)c1C(=O)N1CCN(C)CC1. The van der Waals surface area contributed by atoms with Gasteiger partial charge in [0.25, 0.3) is 5.91 Å². The maximum atomic E-state index is 13.4. The van der Waals surface area contributed by atoms with Crippen molar-refractivity contribution in [2.24, 2.45) is 0 Å². The number of aryl methyl sites for hydroxylation is 2. The van der Waals surface area contributed by atoms with Crippen molar-refractivity contribution in [3.05, 3.63) is 47.0 Å². The van der Waals surface area contributed by atoms with Crippen molar-refractivity contribution in [3.63, 3.8) is 0 Å². The topological polar surface area (TPSA) is 64.0 Å². The molecular weight excluding hydrogens is 364 g/mol. The summed E-state index contributed by atoms with van der Waals surface area (Å²) in [5, 5.41) is 21.9. The zero-order chi connectivity index (χ0) is 21.0. The van der Waals surface area contributed by atoms with Gasteiger partial charge in [-0.05, 0) is 44.0 Å². The lowest BCUT2D eigenvalue weighted by Crippen LogP contribution is -2.47. The molecule has 2 N–H and O–H groups in total. The number of aromatic hydroxyl groups is 2. The number of benzene rings is 2. The maximum absolute atomic E-state index is 13.4. The Morgan fingerprint density at radius 3 is 2.45 bits per heavy atom. The molecule has 0 unspecified atom stereocenters. The third kappa shape index (κ3) is 4.73. The predicted octanol–water partition coefficient (Wildman–Crippen LogP) is 4.19. The number of piperazine rings is 1. The van der Waals surface area contributed by atoms with Gasteiger partial charge in [0.2, 0.25) is 0 Å². The molecule has 1 aliphatic rings. The fraction of sp³-hybridized carbons (Fsp3) is 0.458. The van der Waals surface area contributed by atoms with Gasteiger partial charge >= 0.3 is 0 Å². The largest absolute Gasteiger partial charge is 0.507 e. The molecule has 1 heterocycles. The van der Waals surface area contributed by atoms with Crippen LogP contribution in [0.4, 0.5) is 0 Å². The van der Waals surface area contributed by atoms with Crippen molar-refractivity contribution >= 4 is 5.91 Å². The minimum Gasteiger partial charge on any atom is -0.507 e. The highest BCUT2D eigenvalue weighted by molar-refractivity contribution is 6.02. The van der Waals surface area contributed by atoms with Gasteiger partial charge in [-0.3, -0.25) is 4.79 Å². The van der Waals surface area contributed by atoms with Gasteiger partial charge in [0.1, 0.15) is 11.5 Å². The summed E-state index contributed by atoms with van der Waals surface area (Å²) >= 11 is 0. The van der Waals surface area contributed by atoms with E-state index < -0.39 is 0 Å². The second kappa shape index (κ2) is 9.31. The van der Waals surface area contributed by atoms with Crippen molar-refractivity contribution < 1.29 is 15.0 Å². The van der Waals surface area contributed by atoms with Crippen LogP contribution in [0.3, 0.4) is 0 Å². The molecule has 1 aliphatic heterocycles. The fourth-order valence-corrected chi connectivity index (χ4v) is 3.96. The summed E-state index contributed by atoms with van der Waals surface area (Å²) in [6, 6.07) is 9.29. The monoisotopic (exact) mass is 396 g/mol. The molecule has 0 saturated carbocycles. The van der Waals surface area contributed by atoms with E-state index in [2.05, 4.69) is 11.8 Å². The van der Waals surface area contributed by atoms with Gasteiger partial charge in [0.05, 0.1) is 11.1 Å². The summed E-state index contributed by atoms with van der Waals surface area (Å²) < 4.78 is 0. The molecule has 1 amide bonds. The lowest BCUT2D eigenvalue weighted by Gasteiger charge is -2.33. The molecule has 0 spiro atoms. The first-order valence-corrected chi connectivity index (χ1v) is 10.5. The summed E-state index contributed by atoms with van der Waals surface area (Å²) in [6.45, 7) is 7.02. The van der Waals surface area contributed by atoms with E-state index in [0.29, 0.717) is 36.2 Å². The number of carbonyl (C=O) groups is 1. The minimum absolute atomic E-state index is 0.0227. The molecule has 5 heteroatoms. The molecule has 0 radical (unpaired) electrons. The van der Waals surface area contributed by atoms with Gasteiger partial charge < -0.3 is 20.0 Å². The van der Waals surface area contributed by atoms with Crippen LogP contribution in [0.15, 0.2) is 30.3 Å². The van der Waals surface area contributed by atoms with Gasteiger partial charge in [0.15, 0.2) is 0 Å². The van der Waals surface area contributed by atoms with E-state index >= 15 is 0 Å². The number of hydrogen-bond acceptors (Lipinski definition) is 4. The summed E-state index contributed by atoms with van der Waals surface area (Å²) in [5.41, 5.74) is 3.16. The third-order valence-corrected chi connectivity index (χ3v) is 5.72. The Bertz CT molecular complexity index is 871. The standard InChI is InChI=1S/C24H32N2O3/c1-4-5-6-9-19-16-20(27)21(18-10-7-8-17(2)15-18)23(28)22(19)24(29)26-13-11-25(3)12-14-26/h7-8,10,15-16,27-28H,4-6,9,11-14H2,1-3H3. The Morgan fingerprint density at radius 2 is 1.79 bits per heavy atom. The number of amides is 1. The molecule has 3 rings (SSSR count). The molecule has 0 atom stereocenters. The van der Waals surface area contributed by atoms with Crippen molar-refractivity contribution in [1.29, 1.82) is 0 Å². The summed E-state index contributed by atoms with van der Waals surface area (Å²) in [5.74, 6) is -0.225. The van der Waals surface area contributed by atoms with Crippen LogP contribution in [0.25, 0.3) is 11.1 Å². The molecule has 5 nitrogen and oxygen atoms in total. The van der Waals surface area contributed by atoms with Crippen LogP contribution in [-0.2, 0) is 6.42 Å². The Labute approximate surface area is 173 Å². The molecular formula is C24H32N2O3. The van der Waals surface area contributed by atoms with Crippen LogP contribution >= 0.6 is 0 Å². The first-order chi connectivity index (χ1) is 13.9. The van der Waals surface area contributed by atoms with E-state index in [4.69, 9.17) is 0 Å². The quantitative estimate of drug-likeness (QED) is 0.719. The Balaban J connectivity index is 2.06. The Morgan fingerprint density at radius 1 is 1.07 bits per heavy atom. The number of rotatable bonds is 6. The van der Waals surface area contributed by atoms with Crippen LogP contribution in [0.2, 0.25) is 0 Å². The van der Waals surface area contributed by atoms with E-state index in [-0.39, 0.29) is 17.4 Å². The predicted molar refractivity (Wildman–Crippen MR) is 117 cm³/mol. The molecule has 1 fully saturated rings. The molecule has 156 valence electrons. The first-order valence-electron chi connectivity index (χ1n) is 10.5. The van der Waals surface area contributed by atoms with E-state index in [9.17, 15) is 15.0 Å². The number of phenols is 2. The van der Waals surface area contributed by atoms with Gasteiger partial charge in [0, 0.05) is 26.2 Å². The molecule has 29 heavy (non-hydrogen) atoms. The summed E-state index contributed by atoms with van der Waals surface area (Å²) in [7, 11) is 2.05. The Hall–Kier alpha value is -2.53. The highest BCUT2D eigenvalue weighted by atomic mass is 16.3. The van der Waals surface area contributed by atoms with E-state index in [1.807, 2.05) is 43.1 Å². The second-order valence-electron chi connectivity index (χ2n) is 8.08. The number of phenolic OH excluding ortho intramolecular Hbond substituents is 2. The Kier molecular flexibility index (Phi) is 6.80. The van der Waals surface area contributed by atoms with Gasteiger partial charge in [-0.1, -0.05) is 49.6 Å². The van der Waals surface area contributed by atoms with Crippen molar-refractivity contribution in [2.45, 2.75) is 39.5 Å².